The maximum atomic E-state index is 12.9. The van der Waals surface area contributed by atoms with E-state index in [1.54, 1.807) is 0 Å². The molecule has 17 nitrogen and oxygen atoms in total. The predicted octanol–water partition coefficient (Wildman–Crippen LogP) is 15.4. The van der Waals surface area contributed by atoms with Gasteiger partial charge < -0.3 is 33.8 Å². The zero-order valence-electron chi connectivity index (χ0n) is 50.3. The van der Waals surface area contributed by atoms with E-state index in [1.807, 2.05) is 0 Å². The number of unbranched alkanes of at least 4 members (excludes halogenated alkanes) is 22. The molecule has 0 aliphatic heterocycles. The first-order valence-corrected chi connectivity index (χ1v) is 33.7. The fourth-order valence-corrected chi connectivity index (χ4v) is 10.1. The molecule has 0 heterocycles. The summed E-state index contributed by atoms with van der Waals surface area (Å²) >= 11 is 0. The Morgan fingerprint density at radius 2 is 0.538 bits per heavy atom. The van der Waals surface area contributed by atoms with Gasteiger partial charge in [-0.1, -0.05) is 222 Å². The van der Waals surface area contributed by atoms with E-state index in [9.17, 15) is 43.2 Å². The van der Waals surface area contributed by atoms with E-state index in [0.29, 0.717) is 49.4 Å². The highest BCUT2D eigenvalue weighted by atomic mass is 31.2. The van der Waals surface area contributed by atoms with Crippen molar-refractivity contribution in [1.29, 1.82) is 0 Å². The summed E-state index contributed by atoms with van der Waals surface area (Å²) < 4.78 is 67.7. The van der Waals surface area contributed by atoms with Crippen LogP contribution in [0.3, 0.4) is 0 Å². The molecule has 0 aromatic carbocycles. The van der Waals surface area contributed by atoms with Crippen LogP contribution in [-0.4, -0.2) is 96.7 Å². The zero-order chi connectivity index (χ0) is 58.3. The molecule has 0 bridgehead atoms. The summed E-state index contributed by atoms with van der Waals surface area (Å²) in [6.07, 6.45) is 27.1. The average Bonchev–Trinajstić information content (AvgIpc) is 3.36. The van der Waals surface area contributed by atoms with Crippen LogP contribution < -0.4 is 0 Å². The Morgan fingerprint density at radius 1 is 0.321 bits per heavy atom. The van der Waals surface area contributed by atoms with Gasteiger partial charge in [0.1, 0.15) is 19.3 Å². The fraction of sp³-hybridized carbons (Fsp3) is 0.932. The number of phosphoric ester groups is 2. The first-order chi connectivity index (χ1) is 37.1. The highest BCUT2D eigenvalue weighted by Gasteiger charge is 2.30. The number of aliphatic hydroxyl groups is 1. The summed E-state index contributed by atoms with van der Waals surface area (Å²) in [5.74, 6) is 0.596. The summed E-state index contributed by atoms with van der Waals surface area (Å²) in [5, 5.41) is 10.5. The lowest BCUT2D eigenvalue weighted by Gasteiger charge is -2.21. The first-order valence-electron chi connectivity index (χ1n) is 30.7. The number of carbonyl (C=O) groups excluding carboxylic acids is 4. The molecule has 0 aromatic heterocycles. The lowest BCUT2D eigenvalue weighted by Crippen LogP contribution is -2.30. The van der Waals surface area contributed by atoms with Gasteiger partial charge >= 0.3 is 39.5 Å². The molecule has 462 valence electrons. The Balaban J connectivity index is 5.24. The molecule has 5 atom stereocenters. The lowest BCUT2D eigenvalue weighted by atomic mass is 10.0. The van der Waals surface area contributed by atoms with Crippen LogP contribution in [0.15, 0.2) is 0 Å². The quantitative estimate of drug-likeness (QED) is 0.0222. The summed E-state index contributed by atoms with van der Waals surface area (Å²) in [6.45, 7) is 13.7. The normalized spacial score (nSPS) is 14.6. The fourth-order valence-electron chi connectivity index (χ4n) is 8.55. The molecule has 0 saturated heterocycles. The van der Waals surface area contributed by atoms with Crippen LogP contribution >= 0.6 is 15.6 Å². The van der Waals surface area contributed by atoms with Crippen LogP contribution in [0.1, 0.15) is 274 Å². The largest absolute Gasteiger partial charge is 0.472 e. The number of carbonyl (C=O) groups is 4. The van der Waals surface area contributed by atoms with Crippen LogP contribution in [0, 0.1) is 23.7 Å². The monoisotopic (exact) mass is 1160 g/mol. The van der Waals surface area contributed by atoms with Crippen LogP contribution in [0.5, 0.6) is 0 Å². The molecule has 3 N–H and O–H groups in total. The number of phosphoric acid groups is 2. The van der Waals surface area contributed by atoms with Crippen LogP contribution in [0.25, 0.3) is 0 Å². The Hall–Kier alpha value is -1.94. The van der Waals surface area contributed by atoms with E-state index < -0.39 is 97.5 Å². The van der Waals surface area contributed by atoms with Crippen molar-refractivity contribution >= 4 is 39.5 Å². The van der Waals surface area contributed by atoms with Crippen molar-refractivity contribution in [1.82, 2.24) is 0 Å². The summed E-state index contributed by atoms with van der Waals surface area (Å²) in [5.41, 5.74) is 0. The Kier molecular flexibility index (Phi) is 48.4. The summed E-state index contributed by atoms with van der Waals surface area (Å²) in [6, 6.07) is 0. The highest BCUT2D eigenvalue weighted by Crippen LogP contribution is 2.45. The number of rotatable bonds is 56. The van der Waals surface area contributed by atoms with Crippen molar-refractivity contribution in [3.05, 3.63) is 0 Å². The van der Waals surface area contributed by atoms with Gasteiger partial charge in [0, 0.05) is 25.7 Å². The van der Waals surface area contributed by atoms with Crippen molar-refractivity contribution in [2.24, 2.45) is 23.7 Å². The molecule has 0 amide bonds. The maximum absolute atomic E-state index is 12.9. The van der Waals surface area contributed by atoms with Crippen LogP contribution in [0.2, 0.25) is 0 Å². The molecule has 2 unspecified atom stereocenters. The van der Waals surface area contributed by atoms with Crippen molar-refractivity contribution in [3.63, 3.8) is 0 Å². The second kappa shape index (κ2) is 49.7. The van der Waals surface area contributed by atoms with E-state index >= 15 is 0 Å². The molecular weight excluding hydrogens is 1040 g/mol. The average molecular weight is 1160 g/mol. The van der Waals surface area contributed by atoms with E-state index in [4.69, 9.17) is 37.0 Å². The third-order valence-electron chi connectivity index (χ3n) is 13.3. The smallest absolute Gasteiger partial charge is 0.462 e. The van der Waals surface area contributed by atoms with Gasteiger partial charge in [0.25, 0.3) is 0 Å². The van der Waals surface area contributed by atoms with Crippen LogP contribution in [0.4, 0.5) is 0 Å². The van der Waals surface area contributed by atoms with Gasteiger partial charge in [-0.3, -0.25) is 37.3 Å². The molecule has 0 aromatic rings. The number of aliphatic hydroxyl groups excluding tert-OH is 1. The molecule has 0 rings (SSSR count). The van der Waals surface area contributed by atoms with Gasteiger partial charge in [-0.25, -0.2) is 9.13 Å². The third-order valence-corrected chi connectivity index (χ3v) is 15.2. The van der Waals surface area contributed by atoms with Gasteiger partial charge in [-0.15, -0.1) is 0 Å². The Bertz CT molecular complexity index is 1580. The van der Waals surface area contributed by atoms with Crippen molar-refractivity contribution in [2.75, 3.05) is 39.6 Å². The SMILES string of the molecule is CC(C)CCCCCCCCCC(=O)OC[C@H](COP(=O)(O)OC[C@@H](O)COP(=O)(O)OC[C@@H](COC(=O)CCCCCCCCC(C)C)OC(=O)CCCCCCCCCC(C)C)OC(=O)CCCCCCCCC(C)C. The van der Waals surface area contributed by atoms with E-state index in [1.165, 1.54) is 64.2 Å². The van der Waals surface area contributed by atoms with Gasteiger partial charge in [-0.2, -0.15) is 0 Å². The number of esters is 4. The topological polar surface area (TPSA) is 237 Å². The molecule has 0 spiro atoms. The predicted molar refractivity (Wildman–Crippen MR) is 307 cm³/mol. The maximum Gasteiger partial charge on any atom is 0.472 e. The molecule has 0 saturated carbocycles. The number of hydrogen-bond donors (Lipinski definition) is 3. The molecule has 19 heteroatoms. The Morgan fingerprint density at radius 3 is 0.795 bits per heavy atom. The minimum Gasteiger partial charge on any atom is -0.462 e. The number of ether oxygens (including phenoxy) is 4. The van der Waals surface area contributed by atoms with Crippen LogP contribution in [-0.2, 0) is 65.4 Å². The molecule has 0 radical (unpaired) electrons. The molecule has 0 aliphatic carbocycles. The minimum absolute atomic E-state index is 0.100. The summed E-state index contributed by atoms with van der Waals surface area (Å²) in [4.78, 5) is 71.8. The van der Waals surface area contributed by atoms with Crippen molar-refractivity contribution in [3.8, 4) is 0 Å². The second-order valence-electron chi connectivity index (χ2n) is 23.3. The lowest BCUT2D eigenvalue weighted by molar-refractivity contribution is -0.161. The van der Waals surface area contributed by atoms with E-state index in [-0.39, 0.29) is 25.7 Å². The third kappa shape index (κ3) is 53.4. The van der Waals surface area contributed by atoms with Crippen molar-refractivity contribution < 1.29 is 80.2 Å². The van der Waals surface area contributed by atoms with Gasteiger partial charge in [-0.05, 0) is 49.4 Å². The minimum atomic E-state index is -4.94. The van der Waals surface area contributed by atoms with Gasteiger partial charge in [0.05, 0.1) is 26.4 Å². The second-order valence-corrected chi connectivity index (χ2v) is 26.2. The summed E-state index contributed by atoms with van der Waals surface area (Å²) in [7, 11) is -9.88. The molecule has 0 aliphatic rings. The van der Waals surface area contributed by atoms with Gasteiger partial charge in [0.15, 0.2) is 12.2 Å². The standard InChI is InChI=1S/C59H114O17P2/c1-49(2)35-27-19-11-9-13-23-31-39-56(61)69-45-55(76-59(64)42-34-26-18-16-22-30-38-52(7)8)48-74-78(67,68)72-44-53(60)43-71-77(65,66)73-47-54(46-70-57(62)40-32-24-17-15-21-29-37-51(5)6)75-58(63)41-33-25-14-10-12-20-28-36-50(3)4/h49-55,60H,9-48H2,1-8H3,(H,65,66)(H,67,68)/t53-,54+,55+/m0/s1. The number of hydrogen-bond acceptors (Lipinski definition) is 15. The first kappa shape index (κ1) is 76.1. The van der Waals surface area contributed by atoms with E-state index in [2.05, 4.69) is 55.4 Å². The molecule has 78 heavy (non-hydrogen) atoms. The zero-order valence-corrected chi connectivity index (χ0v) is 52.1. The Labute approximate surface area is 473 Å². The van der Waals surface area contributed by atoms with E-state index in [0.717, 1.165) is 103 Å². The molecule has 0 fully saturated rings. The van der Waals surface area contributed by atoms with Crippen molar-refractivity contribution in [2.45, 2.75) is 292 Å². The highest BCUT2D eigenvalue weighted by molar-refractivity contribution is 7.47. The van der Waals surface area contributed by atoms with Gasteiger partial charge in [0.2, 0.25) is 0 Å². The molecular formula is C59H114O17P2.